The van der Waals surface area contributed by atoms with E-state index in [0.717, 1.165) is 31.4 Å². The second-order valence-electron chi connectivity index (χ2n) is 6.27. The van der Waals surface area contributed by atoms with Gasteiger partial charge in [-0.1, -0.05) is 0 Å². The minimum Gasteiger partial charge on any atom is -0.467 e. The van der Waals surface area contributed by atoms with Gasteiger partial charge in [0.1, 0.15) is 5.76 Å². The largest absolute Gasteiger partial charge is 0.467 e. The predicted octanol–water partition coefficient (Wildman–Crippen LogP) is 1.05. The first-order valence-corrected chi connectivity index (χ1v) is 7.90. The third-order valence-electron chi connectivity index (χ3n) is 4.56. The topological polar surface area (TPSA) is 82.8 Å². The highest BCUT2D eigenvalue weighted by Gasteiger charge is 2.35. The summed E-state index contributed by atoms with van der Waals surface area (Å²) in [6, 6.07) is 3.75. The van der Waals surface area contributed by atoms with Crippen molar-refractivity contribution in [2.75, 3.05) is 6.54 Å². The van der Waals surface area contributed by atoms with E-state index in [1.807, 2.05) is 6.07 Å². The molecule has 1 atom stereocenters. The summed E-state index contributed by atoms with van der Waals surface area (Å²) in [5.41, 5.74) is 0. The van der Waals surface area contributed by atoms with Crippen LogP contribution in [0.5, 0.6) is 0 Å². The molecule has 1 saturated heterocycles. The van der Waals surface area contributed by atoms with Gasteiger partial charge in [0, 0.05) is 19.0 Å². The number of carbonyl (C=O) groups excluding carboxylic acids is 2. The number of hydrogen-bond donors (Lipinski definition) is 2. The maximum atomic E-state index is 12.3. The lowest BCUT2D eigenvalue weighted by Gasteiger charge is -2.27. The first-order valence-electron chi connectivity index (χ1n) is 7.90. The van der Waals surface area contributed by atoms with Crippen LogP contribution in [0.1, 0.15) is 37.9 Å². The van der Waals surface area contributed by atoms with Crippen LogP contribution in [0.2, 0.25) is 0 Å². The second kappa shape index (κ2) is 6.52. The normalized spacial score (nSPS) is 28.9. The molecule has 1 saturated carbocycles. The van der Waals surface area contributed by atoms with Gasteiger partial charge in [-0.25, -0.2) is 0 Å². The second-order valence-corrected chi connectivity index (χ2v) is 6.27. The van der Waals surface area contributed by atoms with Crippen molar-refractivity contribution >= 4 is 11.8 Å². The van der Waals surface area contributed by atoms with E-state index in [0.29, 0.717) is 13.1 Å². The van der Waals surface area contributed by atoms with Crippen molar-refractivity contribution in [1.29, 1.82) is 0 Å². The first-order chi connectivity index (χ1) is 10.6. The molecule has 1 aliphatic carbocycles. The van der Waals surface area contributed by atoms with Crippen LogP contribution in [0.15, 0.2) is 22.8 Å². The van der Waals surface area contributed by atoms with Crippen molar-refractivity contribution in [3.63, 3.8) is 0 Å². The molecule has 120 valence electrons. The molecule has 6 heteroatoms. The molecular formula is C16H22N2O4. The minimum atomic E-state index is -0.283. The molecular weight excluding hydrogens is 284 g/mol. The van der Waals surface area contributed by atoms with E-state index < -0.39 is 0 Å². The molecule has 2 fully saturated rings. The van der Waals surface area contributed by atoms with E-state index in [1.165, 1.54) is 0 Å². The molecule has 0 aromatic carbocycles. The van der Waals surface area contributed by atoms with Crippen LogP contribution >= 0.6 is 0 Å². The summed E-state index contributed by atoms with van der Waals surface area (Å²) >= 11 is 0. The number of nitrogens with zero attached hydrogens (tertiary/aromatic N) is 1. The summed E-state index contributed by atoms with van der Waals surface area (Å²) < 4.78 is 5.25. The standard InChI is InChI=1S/C16H22N2O4/c19-13-5-3-12(4-6-13)17-16(21)11-8-15(20)18(9-11)10-14-2-1-7-22-14/h1-2,7,11-13,19H,3-6,8-10H2,(H,17,21). The number of likely N-dealkylation sites (tertiary alicyclic amines) is 1. The van der Waals surface area contributed by atoms with Crippen molar-refractivity contribution in [1.82, 2.24) is 10.2 Å². The number of furan rings is 1. The Labute approximate surface area is 129 Å². The van der Waals surface area contributed by atoms with Crippen LogP contribution in [0.4, 0.5) is 0 Å². The highest BCUT2D eigenvalue weighted by molar-refractivity contribution is 5.89. The van der Waals surface area contributed by atoms with Gasteiger partial charge in [0.05, 0.1) is 24.8 Å². The molecule has 2 aliphatic rings. The van der Waals surface area contributed by atoms with Crippen LogP contribution in [-0.4, -0.2) is 40.5 Å². The first kappa shape index (κ1) is 15.1. The van der Waals surface area contributed by atoms with Gasteiger partial charge in [-0.15, -0.1) is 0 Å². The molecule has 2 amide bonds. The van der Waals surface area contributed by atoms with Gasteiger partial charge in [0.2, 0.25) is 11.8 Å². The van der Waals surface area contributed by atoms with Gasteiger partial charge in [-0.05, 0) is 37.8 Å². The van der Waals surface area contributed by atoms with Crippen LogP contribution in [0.3, 0.4) is 0 Å². The van der Waals surface area contributed by atoms with Crippen molar-refractivity contribution in [2.45, 2.75) is 50.8 Å². The van der Waals surface area contributed by atoms with Crippen LogP contribution in [-0.2, 0) is 16.1 Å². The Morgan fingerprint density at radius 2 is 2.14 bits per heavy atom. The smallest absolute Gasteiger partial charge is 0.225 e. The molecule has 3 rings (SSSR count). The average molecular weight is 306 g/mol. The van der Waals surface area contributed by atoms with Crippen molar-refractivity contribution in [3.05, 3.63) is 24.2 Å². The Hall–Kier alpha value is -1.82. The molecule has 1 unspecified atom stereocenters. The highest BCUT2D eigenvalue weighted by Crippen LogP contribution is 2.23. The monoisotopic (exact) mass is 306 g/mol. The van der Waals surface area contributed by atoms with Gasteiger partial charge >= 0.3 is 0 Å². The van der Waals surface area contributed by atoms with Gasteiger partial charge in [-0.2, -0.15) is 0 Å². The van der Waals surface area contributed by atoms with E-state index in [-0.39, 0.29) is 36.3 Å². The molecule has 1 aliphatic heterocycles. The van der Waals surface area contributed by atoms with E-state index in [1.54, 1.807) is 17.2 Å². The van der Waals surface area contributed by atoms with E-state index in [2.05, 4.69) is 5.32 Å². The van der Waals surface area contributed by atoms with E-state index in [9.17, 15) is 14.7 Å². The molecule has 0 bridgehead atoms. The quantitative estimate of drug-likeness (QED) is 0.871. The van der Waals surface area contributed by atoms with Gasteiger partial charge in [-0.3, -0.25) is 9.59 Å². The number of hydrogen-bond acceptors (Lipinski definition) is 4. The van der Waals surface area contributed by atoms with E-state index >= 15 is 0 Å². The fourth-order valence-corrected chi connectivity index (χ4v) is 3.23. The molecule has 22 heavy (non-hydrogen) atoms. The molecule has 2 N–H and O–H groups in total. The van der Waals surface area contributed by atoms with Gasteiger partial charge in [0.15, 0.2) is 0 Å². The summed E-state index contributed by atoms with van der Waals surface area (Å²) in [5, 5.41) is 12.5. The van der Waals surface area contributed by atoms with Crippen molar-refractivity contribution in [2.24, 2.45) is 5.92 Å². The average Bonchev–Trinajstić information content (AvgIpc) is 3.13. The fraction of sp³-hybridized carbons (Fsp3) is 0.625. The minimum absolute atomic E-state index is 0.00406. The van der Waals surface area contributed by atoms with E-state index in [4.69, 9.17) is 4.42 Å². The summed E-state index contributed by atoms with van der Waals surface area (Å²) in [6.07, 6.45) is 4.70. The predicted molar refractivity (Wildman–Crippen MR) is 78.6 cm³/mol. The lowest BCUT2D eigenvalue weighted by molar-refractivity contribution is -0.129. The van der Waals surface area contributed by atoms with Gasteiger partial charge < -0.3 is 19.7 Å². The number of amides is 2. The lowest BCUT2D eigenvalue weighted by atomic mass is 9.92. The van der Waals surface area contributed by atoms with Gasteiger partial charge in [0.25, 0.3) is 0 Å². The Morgan fingerprint density at radius 3 is 2.82 bits per heavy atom. The maximum absolute atomic E-state index is 12.3. The summed E-state index contributed by atoms with van der Waals surface area (Å²) in [6.45, 7) is 0.867. The SMILES string of the molecule is O=C(NC1CCC(O)CC1)C1CC(=O)N(Cc2ccco2)C1. The summed E-state index contributed by atoms with van der Waals surface area (Å²) in [4.78, 5) is 26.0. The number of nitrogens with one attached hydrogen (secondary N) is 1. The number of carbonyl (C=O) groups is 2. The molecule has 0 spiro atoms. The molecule has 0 radical (unpaired) electrons. The Balaban J connectivity index is 1.50. The zero-order valence-corrected chi connectivity index (χ0v) is 12.5. The highest BCUT2D eigenvalue weighted by atomic mass is 16.3. The number of aliphatic hydroxyl groups excluding tert-OH is 1. The third-order valence-corrected chi connectivity index (χ3v) is 4.56. The van der Waals surface area contributed by atoms with Crippen LogP contribution < -0.4 is 5.32 Å². The molecule has 1 aromatic heterocycles. The summed E-state index contributed by atoms with van der Waals surface area (Å²) in [5.74, 6) is 0.400. The third kappa shape index (κ3) is 3.50. The summed E-state index contributed by atoms with van der Waals surface area (Å²) in [7, 11) is 0. The fourth-order valence-electron chi connectivity index (χ4n) is 3.23. The molecule has 2 heterocycles. The van der Waals surface area contributed by atoms with Crippen molar-refractivity contribution in [3.8, 4) is 0 Å². The lowest BCUT2D eigenvalue weighted by Crippen LogP contribution is -2.42. The zero-order chi connectivity index (χ0) is 15.5. The Morgan fingerprint density at radius 1 is 1.36 bits per heavy atom. The van der Waals surface area contributed by atoms with Crippen molar-refractivity contribution < 1.29 is 19.1 Å². The Bertz CT molecular complexity index is 520. The van der Waals surface area contributed by atoms with Crippen LogP contribution in [0, 0.1) is 5.92 Å². The number of rotatable bonds is 4. The molecule has 6 nitrogen and oxygen atoms in total. The number of aliphatic hydroxyl groups is 1. The molecule has 1 aromatic rings. The maximum Gasteiger partial charge on any atom is 0.225 e. The zero-order valence-electron chi connectivity index (χ0n) is 12.5. The van der Waals surface area contributed by atoms with Crippen LogP contribution in [0.25, 0.3) is 0 Å². The Kier molecular flexibility index (Phi) is 4.47.